The number of hydrogen-bond donors (Lipinski definition) is 2. The maximum absolute atomic E-state index is 12.4. The Bertz CT molecular complexity index is 975. The van der Waals surface area contributed by atoms with Crippen LogP contribution in [0.25, 0.3) is 5.82 Å². The molecule has 0 spiro atoms. The number of nitrogens with one attached hydrogen (secondary N) is 1. The standard InChI is InChI=1S/C16H16F2N8O2/c1-16(2,10-4-3-5-12(22-10)28-14(17)18)23-15-20-7-11(24-25-15)26-8-9(6-21-26)13(19)27/h3-8,14H,1-2H3,(H2,19,27)(H,20,23,25). The highest BCUT2D eigenvalue weighted by molar-refractivity contribution is 5.92. The molecule has 0 atom stereocenters. The Kier molecular flexibility index (Phi) is 5.11. The maximum Gasteiger partial charge on any atom is 0.388 e. The van der Waals surface area contributed by atoms with Gasteiger partial charge in [-0.1, -0.05) is 6.07 Å². The van der Waals surface area contributed by atoms with Gasteiger partial charge in [0.2, 0.25) is 11.8 Å². The minimum absolute atomic E-state index is 0.179. The van der Waals surface area contributed by atoms with E-state index >= 15 is 0 Å². The second kappa shape index (κ2) is 7.50. The van der Waals surface area contributed by atoms with Crippen molar-refractivity contribution in [3.05, 3.63) is 48.0 Å². The summed E-state index contributed by atoms with van der Waals surface area (Å²) in [5.74, 6) is -0.349. The number of ether oxygens (including phenoxy) is 1. The summed E-state index contributed by atoms with van der Waals surface area (Å²) in [5.41, 5.74) is 5.04. The van der Waals surface area contributed by atoms with Gasteiger partial charge in [0, 0.05) is 12.3 Å². The quantitative estimate of drug-likeness (QED) is 0.620. The van der Waals surface area contributed by atoms with E-state index in [1.807, 2.05) is 0 Å². The van der Waals surface area contributed by atoms with Gasteiger partial charge in [0.1, 0.15) is 0 Å². The Morgan fingerprint density at radius 3 is 2.68 bits per heavy atom. The van der Waals surface area contributed by atoms with E-state index in [-0.39, 0.29) is 23.2 Å². The number of anilines is 1. The van der Waals surface area contributed by atoms with Gasteiger partial charge in [-0.05, 0) is 19.9 Å². The fraction of sp³-hybridized carbons (Fsp3) is 0.250. The van der Waals surface area contributed by atoms with Crippen LogP contribution < -0.4 is 15.8 Å². The van der Waals surface area contributed by atoms with Gasteiger partial charge in [-0.3, -0.25) is 4.79 Å². The molecule has 0 aliphatic rings. The highest BCUT2D eigenvalue weighted by Gasteiger charge is 2.24. The molecule has 0 fully saturated rings. The van der Waals surface area contributed by atoms with Gasteiger partial charge in [0.15, 0.2) is 5.82 Å². The first-order valence-corrected chi connectivity index (χ1v) is 8.00. The molecule has 3 N–H and O–H groups in total. The SMILES string of the molecule is CC(C)(Nc1ncc(-n2cc(C(N)=O)cn2)nn1)c1cccc(OC(F)F)n1. The van der Waals surface area contributed by atoms with Gasteiger partial charge in [-0.15, -0.1) is 10.2 Å². The number of pyridine rings is 1. The lowest BCUT2D eigenvalue weighted by molar-refractivity contribution is -0.0530. The third kappa shape index (κ3) is 4.34. The summed E-state index contributed by atoms with van der Waals surface area (Å²) in [7, 11) is 0. The van der Waals surface area contributed by atoms with Crippen molar-refractivity contribution in [3.63, 3.8) is 0 Å². The first-order valence-electron chi connectivity index (χ1n) is 8.00. The topological polar surface area (TPSA) is 134 Å². The average Bonchev–Trinajstić information content (AvgIpc) is 3.12. The summed E-state index contributed by atoms with van der Waals surface area (Å²) in [6, 6.07) is 4.55. The number of carbonyl (C=O) groups excluding carboxylic acids is 1. The molecule has 0 aliphatic carbocycles. The monoisotopic (exact) mass is 390 g/mol. The second-order valence-electron chi connectivity index (χ2n) is 6.17. The second-order valence-corrected chi connectivity index (χ2v) is 6.17. The third-order valence-corrected chi connectivity index (χ3v) is 3.65. The zero-order valence-electron chi connectivity index (χ0n) is 14.9. The fourth-order valence-electron chi connectivity index (χ4n) is 2.27. The smallest absolute Gasteiger partial charge is 0.388 e. The summed E-state index contributed by atoms with van der Waals surface area (Å²) in [6.07, 6.45) is 4.11. The number of primary amides is 1. The number of aromatic nitrogens is 6. The number of halogens is 2. The molecule has 0 saturated heterocycles. The molecule has 0 unspecified atom stereocenters. The highest BCUT2D eigenvalue weighted by Crippen LogP contribution is 2.24. The normalized spacial score (nSPS) is 11.5. The van der Waals surface area contributed by atoms with E-state index in [1.165, 1.54) is 29.3 Å². The molecule has 0 aromatic carbocycles. The molecule has 12 heteroatoms. The van der Waals surface area contributed by atoms with Crippen LogP contribution in [0.5, 0.6) is 5.88 Å². The van der Waals surface area contributed by atoms with Crippen LogP contribution >= 0.6 is 0 Å². The third-order valence-electron chi connectivity index (χ3n) is 3.65. The van der Waals surface area contributed by atoms with Gasteiger partial charge in [-0.2, -0.15) is 13.9 Å². The van der Waals surface area contributed by atoms with Crippen molar-refractivity contribution >= 4 is 11.9 Å². The molecule has 3 aromatic rings. The molecule has 3 rings (SSSR count). The first-order chi connectivity index (χ1) is 13.2. The van der Waals surface area contributed by atoms with Crippen molar-refractivity contribution in [2.45, 2.75) is 26.0 Å². The Morgan fingerprint density at radius 1 is 1.29 bits per heavy atom. The van der Waals surface area contributed by atoms with Crippen LogP contribution in [0, 0.1) is 0 Å². The van der Waals surface area contributed by atoms with Gasteiger partial charge in [0.25, 0.3) is 5.91 Å². The van der Waals surface area contributed by atoms with E-state index in [9.17, 15) is 13.6 Å². The van der Waals surface area contributed by atoms with Crippen molar-refractivity contribution in [2.24, 2.45) is 5.73 Å². The lowest BCUT2D eigenvalue weighted by Crippen LogP contribution is -2.30. The van der Waals surface area contributed by atoms with E-state index in [0.717, 1.165) is 0 Å². The molecule has 0 aliphatic heterocycles. The predicted molar refractivity (Wildman–Crippen MR) is 93.0 cm³/mol. The number of alkyl halides is 2. The zero-order chi connectivity index (χ0) is 20.3. The zero-order valence-corrected chi connectivity index (χ0v) is 14.9. The summed E-state index contributed by atoms with van der Waals surface area (Å²) in [4.78, 5) is 19.3. The Balaban J connectivity index is 1.76. The average molecular weight is 390 g/mol. The number of hydrogen-bond acceptors (Lipinski definition) is 8. The van der Waals surface area contributed by atoms with Crippen LogP contribution in [0.15, 0.2) is 36.8 Å². The van der Waals surface area contributed by atoms with E-state index < -0.39 is 18.1 Å². The number of nitrogens with two attached hydrogens (primary N) is 1. The van der Waals surface area contributed by atoms with E-state index in [0.29, 0.717) is 5.69 Å². The van der Waals surface area contributed by atoms with Crippen molar-refractivity contribution in [1.29, 1.82) is 0 Å². The molecule has 3 heterocycles. The summed E-state index contributed by atoms with van der Waals surface area (Å²) >= 11 is 0. The lowest BCUT2D eigenvalue weighted by Gasteiger charge is -2.25. The van der Waals surface area contributed by atoms with Gasteiger partial charge in [-0.25, -0.2) is 14.6 Å². The van der Waals surface area contributed by atoms with E-state index in [2.05, 4.69) is 35.3 Å². The summed E-state index contributed by atoms with van der Waals surface area (Å²) in [5, 5.41) is 14.9. The van der Waals surface area contributed by atoms with Crippen molar-refractivity contribution in [3.8, 4) is 11.7 Å². The number of rotatable bonds is 7. The largest absolute Gasteiger partial charge is 0.417 e. The molecule has 28 heavy (non-hydrogen) atoms. The molecule has 146 valence electrons. The van der Waals surface area contributed by atoms with E-state index in [1.54, 1.807) is 26.0 Å². The first kappa shape index (κ1) is 19.1. The Morgan fingerprint density at radius 2 is 2.07 bits per heavy atom. The fourth-order valence-corrected chi connectivity index (χ4v) is 2.27. The van der Waals surface area contributed by atoms with Crippen LogP contribution in [0.2, 0.25) is 0 Å². The number of carbonyl (C=O) groups is 1. The predicted octanol–water partition coefficient (Wildman–Crippen LogP) is 1.50. The summed E-state index contributed by atoms with van der Waals surface area (Å²) in [6.45, 7) is 0.577. The number of nitrogens with zero attached hydrogens (tertiary/aromatic N) is 6. The van der Waals surface area contributed by atoms with Gasteiger partial charge < -0.3 is 15.8 Å². The van der Waals surface area contributed by atoms with Crippen LogP contribution in [0.4, 0.5) is 14.7 Å². The molecule has 0 radical (unpaired) electrons. The van der Waals surface area contributed by atoms with Gasteiger partial charge >= 0.3 is 6.61 Å². The van der Waals surface area contributed by atoms with Crippen LogP contribution in [0.3, 0.4) is 0 Å². The van der Waals surface area contributed by atoms with Crippen molar-refractivity contribution in [2.75, 3.05) is 5.32 Å². The molecule has 1 amide bonds. The molecular formula is C16H16F2N8O2. The lowest BCUT2D eigenvalue weighted by atomic mass is 10.0. The van der Waals surface area contributed by atoms with Crippen LogP contribution in [0.1, 0.15) is 29.9 Å². The van der Waals surface area contributed by atoms with Crippen LogP contribution in [-0.4, -0.2) is 42.5 Å². The highest BCUT2D eigenvalue weighted by atomic mass is 19.3. The summed E-state index contributed by atoms with van der Waals surface area (Å²) < 4.78 is 30.4. The maximum atomic E-state index is 12.4. The minimum atomic E-state index is -2.96. The molecule has 0 bridgehead atoms. The minimum Gasteiger partial charge on any atom is -0.417 e. The molecule has 10 nitrogen and oxygen atoms in total. The Hall–Kier alpha value is -3.70. The Labute approximate surface area is 157 Å². The van der Waals surface area contributed by atoms with Crippen molar-refractivity contribution < 1.29 is 18.3 Å². The molecule has 3 aromatic heterocycles. The number of amides is 1. The van der Waals surface area contributed by atoms with Gasteiger partial charge in [0.05, 0.1) is 29.2 Å². The van der Waals surface area contributed by atoms with Crippen LogP contribution in [-0.2, 0) is 5.54 Å². The van der Waals surface area contributed by atoms with Crippen molar-refractivity contribution in [1.82, 2.24) is 29.9 Å². The molecular weight excluding hydrogens is 374 g/mol. The molecule has 0 saturated carbocycles. The van der Waals surface area contributed by atoms with E-state index in [4.69, 9.17) is 5.73 Å².